The molecule has 0 amide bonds. The molecule has 1 nitrogen and oxygen atoms in total. The zero-order valence-corrected chi connectivity index (χ0v) is 8.64. The fourth-order valence-corrected chi connectivity index (χ4v) is 1.96. The lowest BCUT2D eigenvalue weighted by Crippen LogP contribution is -2.45. The summed E-state index contributed by atoms with van der Waals surface area (Å²) in [7, 11) is 0. The van der Waals surface area contributed by atoms with Crippen LogP contribution in [0.15, 0.2) is 12.2 Å². The second-order valence-electron chi connectivity index (χ2n) is 4.27. The molecule has 0 fully saturated rings. The molecule has 1 heterocycles. The molecule has 0 saturated heterocycles. The van der Waals surface area contributed by atoms with Gasteiger partial charge in [0, 0.05) is 18.6 Å². The zero-order valence-electron chi connectivity index (χ0n) is 8.64. The van der Waals surface area contributed by atoms with Gasteiger partial charge in [-0.05, 0) is 26.7 Å². The van der Waals surface area contributed by atoms with Crippen LogP contribution < -0.4 is 0 Å². The largest absolute Gasteiger partial charge is 0.294 e. The van der Waals surface area contributed by atoms with Crippen LogP contribution in [-0.2, 0) is 0 Å². The second-order valence-corrected chi connectivity index (χ2v) is 4.27. The molecular formula is C11H21N. The Morgan fingerprint density at radius 1 is 1.33 bits per heavy atom. The summed E-state index contributed by atoms with van der Waals surface area (Å²) in [4.78, 5) is 2.58. The molecule has 0 spiro atoms. The van der Waals surface area contributed by atoms with Crippen molar-refractivity contribution in [1.29, 1.82) is 0 Å². The fourth-order valence-electron chi connectivity index (χ4n) is 1.96. The van der Waals surface area contributed by atoms with Crippen LogP contribution in [0.2, 0.25) is 0 Å². The van der Waals surface area contributed by atoms with Gasteiger partial charge in [0.15, 0.2) is 0 Å². The van der Waals surface area contributed by atoms with Crippen LogP contribution in [0.3, 0.4) is 0 Å². The van der Waals surface area contributed by atoms with Crippen molar-refractivity contribution in [2.45, 2.75) is 45.6 Å². The van der Waals surface area contributed by atoms with E-state index in [0.717, 1.165) is 6.54 Å². The predicted molar refractivity (Wildman–Crippen MR) is 54.3 cm³/mol. The molecule has 0 unspecified atom stereocenters. The van der Waals surface area contributed by atoms with Crippen LogP contribution in [0.5, 0.6) is 0 Å². The average Bonchev–Trinajstić information content (AvgIpc) is 2.06. The Balaban J connectivity index is 2.49. The van der Waals surface area contributed by atoms with Crippen molar-refractivity contribution in [3.8, 4) is 0 Å². The summed E-state index contributed by atoms with van der Waals surface area (Å²) in [5.41, 5.74) is 0.402. The zero-order chi connectivity index (χ0) is 9.03. The van der Waals surface area contributed by atoms with E-state index in [0.29, 0.717) is 5.54 Å². The molecule has 0 atom stereocenters. The van der Waals surface area contributed by atoms with Crippen LogP contribution in [-0.4, -0.2) is 23.5 Å². The highest BCUT2D eigenvalue weighted by Crippen LogP contribution is 2.22. The van der Waals surface area contributed by atoms with E-state index in [1.54, 1.807) is 0 Å². The first-order valence-corrected chi connectivity index (χ1v) is 5.07. The van der Waals surface area contributed by atoms with Crippen molar-refractivity contribution < 1.29 is 0 Å². The normalized spacial score (nSPS) is 19.9. The van der Waals surface area contributed by atoms with E-state index in [2.05, 4.69) is 37.8 Å². The summed E-state index contributed by atoms with van der Waals surface area (Å²) in [5, 5.41) is 0. The topological polar surface area (TPSA) is 3.24 Å². The maximum atomic E-state index is 2.58. The van der Waals surface area contributed by atoms with Gasteiger partial charge in [0.25, 0.3) is 0 Å². The molecule has 70 valence electrons. The van der Waals surface area contributed by atoms with E-state index in [9.17, 15) is 0 Å². The Kier molecular flexibility index (Phi) is 3.33. The highest BCUT2D eigenvalue weighted by molar-refractivity contribution is 4.95. The summed E-state index contributed by atoms with van der Waals surface area (Å²) in [6.45, 7) is 9.36. The number of rotatable bonds is 3. The van der Waals surface area contributed by atoms with Crippen molar-refractivity contribution in [1.82, 2.24) is 4.90 Å². The first-order valence-electron chi connectivity index (χ1n) is 5.07. The lowest BCUT2D eigenvalue weighted by molar-refractivity contribution is 0.123. The summed E-state index contributed by atoms with van der Waals surface area (Å²) >= 11 is 0. The van der Waals surface area contributed by atoms with Gasteiger partial charge in [0.2, 0.25) is 0 Å². The van der Waals surface area contributed by atoms with Crippen LogP contribution in [0.25, 0.3) is 0 Å². The summed E-state index contributed by atoms with van der Waals surface area (Å²) in [6, 6.07) is 0. The lowest BCUT2D eigenvalue weighted by Gasteiger charge is -2.39. The molecule has 1 heteroatoms. The van der Waals surface area contributed by atoms with Gasteiger partial charge >= 0.3 is 0 Å². The highest BCUT2D eigenvalue weighted by atomic mass is 15.2. The van der Waals surface area contributed by atoms with Gasteiger partial charge in [-0.25, -0.2) is 0 Å². The van der Waals surface area contributed by atoms with Crippen LogP contribution in [0.4, 0.5) is 0 Å². The van der Waals surface area contributed by atoms with E-state index < -0.39 is 0 Å². The highest BCUT2D eigenvalue weighted by Gasteiger charge is 2.24. The van der Waals surface area contributed by atoms with Crippen LogP contribution in [0, 0.1) is 0 Å². The van der Waals surface area contributed by atoms with Gasteiger partial charge in [-0.1, -0.05) is 25.5 Å². The minimum Gasteiger partial charge on any atom is -0.294 e. The quantitative estimate of drug-likeness (QED) is 0.584. The molecule has 12 heavy (non-hydrogen) atoms. The van der Waals surface area contributed by atoms with Crippen molar-refractivity contribution in [3.05, 3.63) is 12.2 Å². The number of hydrogen-bond acceptors (Lipinski definition) is 1. The minimum absolute atomic E-state index is 0.402. The van der Waals surface area contributed by atoms with Crippen LogP contribution in [0.1, 0.15) is 40.0 Å². The number of nitrogens with zero attached hydrogens (tertiary/aromatic N) is 1. The Morgan fingerprint density at radius 3 is 2.58 bits per heavy atom. The average molecular weight is 167 g/mol. The molecule has 0 N–H and O–H groups in total. The first kappa shape index (κ1) is 9.79. The van der Waals surface area contributed by atoms with Gasteiger partial charge in [0.05, 0.1) is 0 Å². The SMILES string of the molecule is CCCC(C)(C)N1CC=CCC1. The molecule has 0 aromatic rings. The molecule has 0 aromatic carbocycles. The molecule has 1 aliphatic heterocycles. The Bertz CT molecular complexity index is 158. The predicted octanol–water partition coefficient (Wildman–Crippen LogP) is 2.83. The Morgan fingerprint density at radius 2 is 2.08 bits per heavy atom. The molecule has 0 saturated carbocycles. The molecule has 1 aliphatic rings. The molecular weight excluding hydrogens is 146 g/mol. The third-order valence-corrected chi connectivity index (χ3v) is 2.78. The fraction of sp³-hybridized carbons (Fsp3) is 0.818. The molecule has 0 aromatic heterocycles. The summed E-state index contributed by atoms with van der Waals surface area (Å²) in [5.74, 6) is 0. The third-order valence-electron chi connectivity index (χ3n) is 2.78. The van der Waals surface area contributed by atoms with Gasteiger partial charge in [-0.2, -0.15) is 0 Å². The first-order chi connectivity index (χ1) is 5.67. The Labute approximate surface area is 76.5 Å². The smallest absolute Gasteiger partial charge is 0.0168 e. The maximum Gasteiger partial charge on any atom is 0.0168 e. The van der Waals surface area contributed by atoms with Crippen LogP contribution >= 0.6 is 0 Å². The van der Waals surface area contributed by atoms with E-state index >= 15 is 0 Å². The van der Waals surface area contributed by atoms with Gasteiger partial charge < -0.3 is 0 Å². The van der Waals surface area contributed by atoms with Gasteiger partial charge in [-0.15, -0.1) is 0 Å². The van der Waals surface area contributed by atoms with Gasteiger partial charge in [-0.3, -0.25) is 4.90 Å². The maximum absolute atomic E-state index is 2.58. The van der Waals surface area contributed by atoms with Crippen molar-refractivity contribution in [2.75, 3.05) is 13.1 Å². The molecule has 1 rings (SSSR count). The third kappa shape index (κ3) is 2.34. The molecule has 0 aliphatic carbocycles. The second kappa shape index (κ2) is 4.08. The molecule has 0 radical (unpaired) electrons. The molecule has 0 bridgehead atoms. The lowest BCUT2D eigenvalue weighted by atomic mass is 9.95. The van der Waals surface area contributed by atoms with Crippen molar-refractivity contribution >= 4 is 0 Å². The van der Waals surface area contributed by atoms with E-state index in [-0.39, 0.29) is 0 Å². The van der Waals surface area contributed by atoms with E-state index in [1.807, 2.05) is 0 Å². The van der Waals surface area contributed by atoms with Crippen molar-refractivity contribution in [2.24, 2.45) is 0 Å². The minimum atomic E-state index is 0.402. The summed E-state index contributed by atoms with van der Waals surface area (Å²) < 4.78 is 0. The van der Waals surface area contributed by atoms with Gasteiger partial charge in [0.1, 0.15) is 0 Å². The monoisotopic (exact) mass is 167 g/mol. The number of hydrogen-bond donors (Lipinski definition) is 0. The van der Waals surface area contributed by atoms with E-state index in [4.69, 9.17) is 0 Å². The summed E-state index contributed by atoms with van der Waals surface area (Å²) in [6.07, 6.45) is 8.40. The standard InChI is InChI=1S/C11H21N/c1-4-8-11(2,3)12-9-6-5-7-10-12/h5-6H,4,7-10H2,1-3H3. The van der Waals surface area contributed by atoms with Crippen molar-refractivity contribution in [3.63, 3.8) is 0 Å². The Hall–Kier alpha value is -0.300. The van der Waals surface area contributed by atoms with E-state index in [1.165, 1.54) is 25.8 Å².